The van der Waals surface area contributed by atoms with E-state index in [1.165, 1.54) is 0 Å². The zero-order valence-electron chi connectivity index (χ0n) is 20.0. The molecule has 0 aliphatic carbocycles. The standard InChI is InChI=1S/C24H41N3O5/c1-4-6-8-14-26-21(30)19-24-12-11-23(3,32-24)17(20(29)25-13-5-2)18(24)22(31)27(19)15-9-7-10-16-28/h17-19,28H,4-16H2,1-3H3,(H,25,29)(H,26,30)/t17-,18+,19?,23+,24?/m1/s1. The molecule has 0 aromatic rings. The predicted molar refractivity (Wildman–Crippen MR) is 121 cm³/mol. The lowest BCUT2D eigenvalue weighted by atomic mass is 9.66. The number of nitrogens with one attached hydrogen (secondary N) is 2. The van der Waals surface area contributed by atoms with Crippen molar-refractivity contribution in [3.63, 3.8) is 0 Å². The van der Waals surface area contributed by atoms with Crippen LogP contribution in [0.2, 0.25) is 0 Å². The molecule has 5 atom stereocenters. The number of nitrogens with zero attached hydrogens (tertiary/aromatic N) is 1. The van der Waals surface area contributed by atoms with Gasteiger partial charge < -0.3 is 25.4 Å². The molecular formula is C24H41N3O5. The van der Waals surface area contributed by atoms with Gasteiger partial charge >= 0.3 is 0 Å². The van der Waals surface area contributed by atoms with E-state index in [4.69, 9.17) is 9.84 Å². The van der Waals surface area contributed by atoms with Crippen molar-refractivity contribution in [1.82, 2.24) is 15.5 Å². The molecule has 0 radical (unpaired) electrons. The van der Waals surface area contributed by atoms with Crippen molar-refractivity contribution in [3.05, 3.63) is 0 Å². The minimum absolute atomic E-state index is 0.114. The quantitative estimate of drug-likeness (QED) is 0.370. The van der Waals surface area contributed by atoms with Crippen LogP contribution in [0.1, 0.15) is 78.6 Å². The van der Waals surface area contributed by atoms with E-state index in [1.807, 2.05) is 13.8 Å². The molecule has 3 rings (SSSR count). The number of likely N-dealkylation sites (tertiary alicyclic amines) is 1. The molecule has 1 spiro atoms. The molecule has 3 amide bonds. The fraction of sp³-hybridized carbons (Fsp3) is 0.875. The second-order valence-corrected chi connectivity index (χ2v) is 9.83. The van der Waals surface area contributed by atoms with Crippen LogP contribution in [-0.4, -0.2) is 71.2 Å². The average molecular weight is 452 g/mol. The highest BCUT2D eigenvalue weighted by molar-refractivity contribution is 5.99. The molecule has 3 fully saturated rings. The van der Waals surface area contributed by atoms with Gasteiger partial charge in [-0.1, -0.05) is 26.7 Å². The number of ether oxygens (including phenoxy) is 1. The molecule has 8 heteroatoms. The van der Waals surface area contributed by atoms with Crippen LogP contribution in [-0.2, 0) is 19.1 Å². The minimum atomic E-state index is -0.939. The Labute approximate surface area is 191 Å². The van der Waals surface area contributed by atoms with Crippen LogP contribution in [0.25, 0.3) is 0 Å². The van der Waals surface area contributed by atoms with Gasteiger partial charge in [0, 0.05) is 26.2 Å². The third kappa shape index (κ3) is 4.40. The normalized spacial score (nSPS) is 32.9. The van der Waals surface area contributed by atoms with E-state index in [1.54, 1.807) is 4.90 Å². The summed E-state index contributed by atoms with van der Waals surface area (Å²) >= 11 is 0. The van der Waals surface area contributed by atoms with Gasteiger partial charge in [0.15, 0.2) is 0 Å². The van der Waals surface area contributed by atoms with E-state index in [0.717, 1.165) is 32.1 Å². The van der Waals surface area contributed by atoms with Crippen LogP contribution in [0.4, 0.5) is 0 Å². The third-order valence-electron chi connectivity index (χ3n) is 7.49. The Balaban J connectivity index is 1.86. The molecule has 32 heavy (non-hydrogen) atoms. The molecule has 0 aromatic carbocycles. The zero-order valence-corrected chi connectivity index (χ0v) is 20.0. The molecule has 2 bridgehead atoms. The lowest BCUT2D eigenvalue weighted by molar-refractivity contribution is -0.146. The zero-order chi connectivity index (χ0) is 23.4. The maximum Gasteiger partial charge on any atom is 0.245 e. The van der Waals surface area contributed by atoms with E-state index in [2.05, 4.69) is 17.6 Å². The van der Waals surface area contributed by atoms with Crippen molar-refractivity contribution in [2.75, 3.05) is 26.2 Å². The van der Waals surface area contributed by atoms with Crippen LogP contribution < -0.4 is 10.6 Å². The number of hydrogen-bond acceptors (Lipinski definition) is 5. The molecule has 2 unspecified atom stereocenters. The lowest BCUT2D eigenvalue weighted by Crippen LogP contribution is -2.55. The summed E-state index contributed by atoms with van der Waals surface area (Å²) in [5.74, 6) is -1.64. The van der Waals surface area contributed by atoms with Crippen molar-refractivity contribution >= 4 is 17.7 Å². The van der Waals surface area contributed by atoms with Crippen molar-refractivity contribution in [2.45, 2.75) is 95.8 Å². The van der Waals surface area contributed by atoms with Crippen LogP contribution >= 0.6 is 0 Å². The Morgan fingerprint density at radius 3 is 2.47 bits per heavy atom. The van der Waals surface area contributed by atoms with E-state index in [-0.39, 0.29) is 24.3 Å². The highest BCUT2D eigenvalue weighted by atomic mass is 16.5. The summed E-state index contributed by atoms with van der Waals surface area (Å²) in [4.78, 5) is 41.9. The van der Waals surface area contributed by atoms with Crippen molar-refractivity contribution in [3.8, 4) is 0 Å². The van der Waals surface area contributed by atoms with Crippen LogP contribution in [0.3, 0.4) is 0 Å². The number of aliphatic hydroxyl groups is 1. The number of carbonyl (C=O) groups excluding carboxylic acids is 3. The van der Waals surface area contributed by atoms with Gasteiger partial charge in [0.1, 0.15) is 11.6 Å². The summed E-state index contributed by atoms with van der Waals surface area (Å²) in [5.41, 5.74) is -1.66. The first-order chi connectivity index (χ1) is 15.4. The predicted octanol–water partition coefficient (Wildman–Crippen LogP) is 1.75. The summed E-state index contributed by atoms with van der Waals surface area (Å²) < 4.78 is 6.55. The van der Waals surface area contributed by atoms with Gasteiger partial charge in [-0.2, -0.15) is 0 Å². The molecule has 3 saturated heterocycles. The van der Waals surface area contributed by atoms with E-state index < -0.39 is 29.1 Å². The van der Waals surface area contributed by atoms with Crippen LogP contribution in [0, 0.1) is 11.8 Å². The number of amides is 3. The fourth-order valence-corrected chi connectivity index (χ4v) is 5.98. The second-order valence-electron chi connectivity index (χ2n) is 9.83. The van der Waals surface area contributed by atoms with Crippen LogP contribution in [0.5, 0.6) is 0 Å². The molecule has 3 aliphatic rings. The maximum absolute atomic E-state index is 13.7. The van der Waals surface area contributed by atoms with Crippen molar-refractivity contribution in [2.24, 2.45) is 11.8 Å². The molecule has 0 saturated carbocycles. The van der Waals surface area contributed by atoms with E-state index in [0.29, 0.717) is 45.3 Å². The van der Waals surface area contributed by atoms with E-state index in [9.17, 15) is 14.4 Å². The van der Waals surface area contributed by atoms with Crippen molar-refractivity contribution in [1.29, 1.82) is 0 Å². The highest BCUT2D eigenvalue weighted by Gasteiger charge is 2.77. The Bertz CT molecular complexity index is 701. The topological polar surface area (TPSA) is 108 Å². The Morgan fingerprint density at radius 1 is 1.03 bits per heavy atom. The smallest absolute Gasteiger partial charge is 0.245 e. The van der Waals surface area contributed by atoms with E-state index >= 15 is 0 Å². The Kier molecular flexibility index (Phi) is 8.20. The number of unbranched alkanes of at least 4 members (excludes halogenated alkanes) is 4. The Hall–Kier alpha value is -1.67. The molecular weight excluding hydrogens is 410 g/mol. The summed E-state index contributed by atoms with van der Waals surface area (Å²) in [6, 6.07) is -0.707. The molecule has 3 aliphatic heterocycles. The lowest BCUT2D eigenvalue weighted by Gasteiger charge is -2.33. The molecule has 8 nitrogen and oxygen atoms in total. The Morgan fingerprint density at radius 2 is 1.78 bits per heavy atom. The minimum Gasteiger partial charge on any atom is -0.396 e. The number of rotatable bonds is 13. The number of hydrogen-bond donors (Lipinski definition) is 3. The number of fused-ring (bicyclic) bond motifs is 1. The summed E-state index contributed by atoms with van der Waals surface area (Å²) in [7, 11) is 0. The second kappa shape index (κ2) is 10.5. The SMILES string of the molecule is CCCCCNC(=O)C1N(CCCCCO)C(=O)[C@@H]2[C@H](C(=O)NCCC)[C@]3(C)CCC12O3. The first kappa shape index (κ1) is 25.0. The molecule has 0 aromatic heterocycles. The third-order valence-corrected chi connectivity index (χ3v) is 7.49. The van der Waals surface area contributed by atoms with Gasteiger partial charge in [0.05, 0.1) is 17.4 Å². The summed E-state index contributed by atoms with van der Waals surface area (Å²) in [6.45, 7) is 7.72. The first-order valence-electron chi connectivity index (χ1n) is 12.5. The maximum atomic E-state index is 13.7. The van der Waals surface area contributed by atoms with Gasteiger partial charge in [-0.05, 0) is 51.9 Å². The monoisotopic (exact) mass is 451 g/mol. The molecule has 182 valence electrons. The summed E-state index contributed by atoms with van der Waals surface area (Å²) in [6.07, 6.45) is 7.25. The number of carbonyl (C=O) groups is 3. The average Bonchev–Trinajstić information content (AvgIpc) is 3.33. The van der Waals surface area contributed by atoms with Gasteiger partial charge in [0.2, 0.25) is 17.7 Å². The molecule has 3 heterocycles. The highest BCUT2D eigenvalue weighted by Crippen LogP contribution is 2.63. The first-order valence-corrected chi connectivity index (χ1v) is 12.5. The number of aliphatic hydroxyl groups excluding tert-OH is 1. The summed E-state index contributed by atoms with van der Waals surface area (Å²) in [5, 5.41) is 15.1. The molecule has 3 N–H and O–H groups in total. The largest absolute Gasteiger partial charge is 0.396 e. The fourth-order valence-electron chi connectivity index (χ4n) is 5.98. The van der Waals surface area contributed by atoms with Gasteiger partial charge in [0.25, 0.3) is 0 Å². The van der Waals surface area contributed by atoms with Crippen molar-refractivity contribution < 1.29 is 24.2 Å². The van der Waals surface area contributed by atoms with Crippen LogP contribution in [0.15, 0.2) is 0 Å². The van der Waals surface area contributed by atoms with Gasteiger partial charge in [-0.15, -0.1) is 0 Å². The van der Waals surface area contributed by atoms with Gasteiger partial charge in [-0.3, -0.25) is 14.4 Å². The van der Waals surface area contributed by atoms with Gasteiger partial charge in [-0.25, -0.2) is 0 Å².